The predicted octanol–water partition coefficient (Wildman–Crippen LogP) is 0.0934. The fourth-order valence-electron chi connectivity index (χ4n) is 1.53. The van der Waals surface area contributed by atoms with E-state index in [9.17, 15) is 4.21 Å². The van der Waals surface area contributed by atoms with E-state index in [1.54, 1.807) is 0 Å². The second-order valence-corrected chi connectivity index (χ2v) is 5.83. The Morgan fingerprint density at radius 2 is 2.12 bits per heavy atom. The van der Waals surface area contributed by atoms with Gasteiger partial charge in [-0.1, -0.05) is 0 Å². The second kappa shape index (κ2) is 5.07. The Labute approximate surface area is 104 Å². The molecule has 1 aromatic rings. The molecule has 1 aromatic heterocycles. The summed E-state index contributed by atoms with van der Waals surface area (Å²) in [6, 6.07) is 0. The van der Waals surface area contributed by atoms with E-state index in [4.69, 9.17) is 5.84 Å². The third-order valence-corrected chi connectivity index (χ3v) is 4.39. The molecule has 2 rings (SSSR count). The van der Waals surface area contributed by atoms with Crippen LogP contribution in [-0.2, 0) is 10.8 Å². The van der Waals surface area contributed by atoms with Crippen molar-refractivity contribution < 1.29 is 4.21 Å². The molecule has 1 aliphatic rings. The van der Waals surface area contributed by atoms with E-state index in [-0.39, 0.29) is 0 Å². The topological polar surface area (TPSA) is 84.1 Å². The molecule has 2 heterocycles. The highest BCUT2D eigenvalue weighted by Crippen LogP contribution is 2.29. The van der Waals surface area contributed by atoms with Crippen molar-refractivity contribution in [3.05, 3.63) is 10.8 Å². The number of hydrogen-bond donors (Lipinski definition) is 2. The Balaban J connectivity index is 2.23. The van der Waals surface area contributed by atoms with Crippen LogP contribution in [0.15, 0.2) is 10.8 Å². The van der Waals surface area contributed by atoms with Crippen molar-refractivity contribution in [2.75, 3.05) is 34.9 Å². The lowest BCUT2D eigenvalue weighted by molar-refractivity contribution is 0.672. The van der Waals surface area contributed by atoms with Crippen LogP contribution in [0.1, 0.15) is 0 Å². The first-order valence-corrected chi connectivity index (χ1v) is 7.07. The molecule has 0 bridgehead atoms. The van der Waals surface area contributed by atoms with E-state index in [1.165, 1.54) is 6.33 Å². The Morgan fingerprint density at radius 3 is 2.75 bits per heavy atom. The fraction of sp³-hybridized carbons (Fsp3) is 0.500. The molecule has 0 radical (unpaired) electrons. The Hall–Kier alpha value is -0.730. The van der Waals surface area contributed by atoms with Crippen LogP contribution in [0.3, 0.4) is 0 Å². The van der Waals surface area contributed by atoms with Crippen molar-refractivity contribution in [2.24, 2.45) is 5.84 Å². The molecule has 8 heteroatoms. The number of nitrogen functional groups attached to an aromatic ring is 1. The summed E-state index contributed by atoms with van der Waals surface area (Å²) in [5, 5.41) is 0. The third kappa shape index (κ3) is 2.33. The quantitative estimate of drug-likeness (QED) is 0.595. The number of halogens is 1. The van der Waals surface area contributed by atoms with E-state index < -0.39 is 10.8 Å². The van der Waals surface area contributed by atoms with Crippen molar-refractivity contribution >= 4 is 38.4 Å². The van der Waals surface area contributed by atoms with Gasteiger partial charge in [-0.15, -0.1) is 0 Å². The molecule has 16 heavy (non-hydrogen) atoms. The lowest BCUT2D eigenvalue weighted by Gasteiger charge is -2.28. The van der Waals surface area contributed by atoms with Gasteiger partial charge >= 0.3 is 0 Å². The number of aromatic nitrogens is 2. The molecule has 0 saturated carbocycles. The number of hydrogen-bond acceptors (Lipinski definition) is 6. The fourth-order valence-corrected chi connectivity index (χ4v) is 3.15. The molecule has 0 atom stereocenters. The first-order chi connectivity index (χ1) is 7.72. The number of anilines is 2. The van der Waals surface area contributed by atoms with Gasteiger partial charge in [-0.3, -0.25) is 4.21 Å². The minimum atomic E-state index is -0.689. The lowest BCUT2D eigenvalue weighted by Crippen LogP contribution is -2.38. The first kappa shape index (κ1) is 11.7. The van der Waals surface area contributed by atoms with Gasteiger partial charge < -0.3 is 10.3 Å². The molecule has 0 aliphatic carbocycles. The van der Waals surface area contributed by atoms with Crippen LogP contribution in [0.25, 0.3) is 0 Å². The van der Waals surface area contributed by atoms with Gasteiger partial charge in [-0.25, -0.2) is 15.8 Å². The van der Waals surface area contributed by atoms with Crippen LogP contribution in [0.5, 0.6) is 0 Å². The zero-order chi connectivity index (χ0) is 11.5. The SMILES string of the molecule is NNc1ncnc(N2CCS(=O)CC2)c1Br. The Kier molecular flexibility index (Phi) is 3.72. The molecule has 0 amide bonds. The van der Waals surface area contributed by atoms with Crippen molar-refractivity contribution in [2.45, 2.75) is 0 Å². The van der Waals surface area contributed by atoms with Crippen LogP contribution in [0, 0.1) is 0 Å². The highest BCUT2D eigenvalue weighted by molar-refractivity contribution is 9.10. The summed E-state index contributed by atoms with van der Waals surface area (Å²) in [6.45, 7) is 1.48. The third-order valence-electron chi connectivity index (χ3n) is 2.39. The van der Waals surface area contributed by atoms with Crippen LogP contribution in [-0.4, -0.2) is 38.8 Å². The highest BCUT2D eigenvalue weighted by atomic mass is 79.9. The molecule has 3 N–H and O–H groups in total. The van der Waals surface area contributed by atoms with Gasteiger partial charge in [0.25, 0.3) is 0 Å². The van der Waals surface area contributed by atoms with E-state index in [1.807, 2.05) is 0 Å². The lowest BCUT2D eigenvalue weighted by atomic mass is 10.4. The molecule has 0 spiro atoms. The molecular formula is C8H12BrN5OS. The van der Waals surface area contributed by atoms with Crippen molar-refractivity contribution in [3.63, 3.8) is 0 Å². The summed E-state index contributed by atoms with van der Waals surface area (Å²) < 4.78 is 12.0. The van der Waals surface area contributed by atoms with E-state index in [0.717, 1.165) is 23.4 Å². The maximum Gasteiger partial charge on any atom is 0.159 e. The number of nitrogens with one attached hydrogen (secondary N) is 1. The van der Waals surface area contributed by atoms with Gasteiger partial charge in [0.1, 0.15) is 16.6 Å². The predicted molar refractivity (Wildman–Crippen MR) is 67.6 cm³/mol. The van der Waals surface area contributed by atoms with Crippen molar-refractivity contribution in [3.8, 4) is 0 Å². The van der Waals surface area contributed by atoms with Crippen LogP contribution in [0.4, 0.5) is 11.6 Å². The number of nitrogens with zero attached hydrogens (tertiary/aromatic N) is 3. The smallest absolute Gasteiger partial charge is 0.159 e. The van der Waals surface area contributed by atoms with E-state index in [2.05, 4.69) is 36.2 Å². The van der Waals surface area contributed by atoms with Gasteiger partial charge in [-0.2, -0.15) is 0 Å². The largest absolute Gasteiger partial charge is 0.354 e. The monoisotopic (exact) mass is 305 g/mol. The van der Waals surface area contributed by atoms with Gasteiger partial charge in [-0.05, 0) is 15.9 Å². The second-order valence-electron chi connectivity index (χ2n) is 3.34. The minimum absolute atomic E-state index is 0.552. The summed E-state index contributed by atoms with van der Waals surface area (Å²) in [6.07, 6.45) is 1.46. The molecule has 1 saturated heterocycles. The summed E-state index contributed by atoms with van der Waals surface area (Å²) in [5.74, 6) is 8.04. The standard InChI is InChI=1S/C8H12BrN5OS/c9-6-7(13-10)11-5-12-8(6)14-1-3-16(15)4-2-14/h5H,1-4,10H2,(H,11,12,13). The molecule has 0 unspecified atom stereocenters. The maximum atomic E-state index is 11.3. The summed E-state index contributed by atoms with van der Waals surface area (Å²) in [4.78, 5) is 10.3. The zero-order valence-corrected chi connectivity index (χ0v) is 10.9. The minimum Gasteiger partial charge on any atom is -0.354 e. The van der Waals surface area contributed by atoms with Crippen LogP contribution < -0.4 is 16.2 Å². The Morgan fingerprint density at radius 1 is 1.44 bits per heavy atom. The number of rotatable bonds is 2. The summed E-state index contributed by atoms with van der Waals surface area (Å²) >= 11 is 3.41. The van der Waals surface area contributed by atoms with Gasteiger partial charge in [0, 0.05) is 35.4 Å². The molecule has 0 aromatic carbocycles. The van der Waals surface area contributed by atoms with E-state index >= 15 is 0 Å². The van der Waals surface area contributed by atoms with Crippen molar-refractivity contribution in [1.82, 2.24) is 9.97 Å². The van der Waals surface area contributed by atoms with Crippen LogP contribution in [0.2, 0.25) is 0 Å². The molecule has 1 aliphatic heterocycles. The van der Waals surface area contributed by atoms with Gasteiger partial charge in [0.15, 0.2) is 5.82 Å². The van der Waals surface area contributed by atoms with E-state index in [0.29, 0.717) is 17.3 Å². The summed E-state index contributed by atoms with van der Waals surface area (Å²) in [5.41, 5.74) is 2.50. The zero-order valence-electron chi connectivity index (χ0n) is 8.52. The summed E-state index contributed by atoms with van der Waals surface area (Å²) in [7, 11) is -0.689. The average Bonchev–Trinajstić information content (AvgIpc) is 2.31. The molecule has 88 valence electrons. The average molecular weight is 306 g/mol. The number of hydrazine groups is 1. The molecule has 6 nitrogen and oxygen atoms in total. The van der Waals surface area contributed by atoms with Crippen LogP contribution >= 0.6 is 15.9 Å². The highest BCUT2D eigenvalue weighted by Gasteiger charge is 2.20. The first-order valence-electron chi connectivity index (χ1n) is 4.79. The number of nitrogens with two attached hydrogens (primary N) is 1. The normalized spacial score (nSPS) is 17.5. The van der Waals surface area contributed by atoms with Gasteiger partial charge in [0.2, 0.25) is 0 Å². The maximum absolute atomic E-state index is 11.3. The molecule has 1 fully saturated rings. The Bertz CT molecular complexity index is 405. The molecular weight excluding hydrogens is 294 g/mol. The van der Waals surface area contributed by atoms with Gasteiger partial charge in [0.05, 0.1) is 0 Å². The van der Waals surface area contributed by atoms with Crippen molar-refractivity contribution in [1.29, 1.82) is 0 Å².